The largest absolute Gasteiger partial charge is 0.462 e. The van der Waals surface area contributed by atoms with Gasteiger partial charge in [0, 0.05) is 12.8 Å². The number of nitrogens with one attached hydrogen (secondary N) is 1. The second-order valence-corrected chi connectivity index (χ2v) is 9.20. The Kier molecular flexibility index (Phi) is 7.22. The molecule has 0 spiro atoms. The van der Waals surface area contributed by atoms with Crippen LogP contribution in [0, 0.1) is 13.8 Å². The number of quaternary nitrogens is 1. The standard InChI is InChI=1S/C26H32N2O5/c1-6-32-24(30)21-15-18(2)14-19(3)23(21)27-25(31)26(12-13-26)28(4,5)16-22(29)33-17-20-10-8-7-9-11-20/h7-11,14-15H,6,12-13,16-17H2,1-5H3/p+1. The molecule has 0 atom stereocenters. The summed E-state index contributed by atoms with van der Waals surface area (Å²) in [7, 11) is 3.73. The SMILES string of the molecule is CCOC(=O)c1cc(C)cc(C)c1NC(=O)C1([N+](C)(C)CC(=O)OCc2ccccc2)CC1. The van der Waals surface area contributed by atoms with Gasteiger partial charge in [-0.1, -0.05) is 36.4 Å². The number of nitrogens with zero attached hydrogens (tertiary/aromatic N) is 1. The molecule has 3 rings (SSSR count). The van der Waals surface area contributed by atoms with Crippen molar-refractivity contribution in [1.82, 2.24) is 0 Å². The fraction of sp³-hybridized carbons (Fsp3) is 0.423. The molecule has 7 nitrogen and oxygen atoms in total. The lowest BCUT2D eigenvalue weighted by atomic mass is 10.0. The van der Waals surface area contributed by atoms with E-state index in [1.54, 1.807) is 13.0 Å². The molecule has 176 valence electrons. The minimum Gasteiger partial charge on any atom is -0.462 e. The molecule has 1 saturated carbocycles. The Hall–Kier alpha value is -3.19. The number of rotatable bonds is 9. The van der Waals surface area contributed by atoms with Crippen LogP contribution >= 0.6 is 0 Å². The second kappa shape index (κ2) is 9.75. The summed E-state index contributed by atoms with van der Waals surface area (Å²) in [5.74, 6) is -1.04. The van der Waals surface area contributed by atoms with Crippen molar-refractivity contribution in [3.05, 3.63) is 64.7 Å². The fourth-order valence-corrected chi connectivity index (χ4v) is 4.22. The van der Waals surface area contributed by atoms with Crippen LogP contribution in [-0.4, -0.2) is 55.1 Å². The van der Waals surface area contributed by atoms with Crippen molar-refractivity contribution in [2.75, 3.05) is 32.6 Å². The number of aryl methyl sites for hydroxylation is 2. The molecule has 0 aromatic heterocycles. The van der Waals surface area contributed by atoms with Gasteiger partial charge in [-0.3, -0.25) is 4.79 Å². The van der Waals surface area contributed by atoms with E-state index in [-0.39, 0.29) is 36.1 Å². The molecule has 1 aliphatic rings. The van der Waals surface area contributed by atoms with Crippen LogP contribution in [0.1, 0.15) is 46.8 Å². The van der Waals surface area contributed by atoms with Crippen LogP contribution in [0.2, 0.25) is 0 Å². The first-order valence-corrected chi connectivity index (χ1v) is 11.2. The zero-order chi connectivity index (χ0) is 24.2. The highest BCUT2D eigenvalue weighted by Gasteiger charge is 2.63. The van der Waals surface area contributed by atoms with Gasteiger partial charge in [-0.15, -0.1) is 0 Å². The lowest BCUT2D eigenvalue weighted by Crippen LogP contribution is -2.59. The van der Waals surface area contributed by atoms with E-state index in [9.17, 15) is 14.4 Å². The van der Waals surface area contributed by atoms with Gasteiger partial charge in [-0.05, 0) is 43.5 Å². The monoisotopic (exact) mass is 453 g/mol. The summed E-state index contributed by atoms with van der Waals surface area (Å²) in [5, 5.41) is 2.98. The molecular weight excluding hydrogens is 420 g/mol. The molecule has 0 saturated heterocycles. The van der Waals surface area contributed by atoms with Crippen molar-refractivity contribution < 1.29 is 28.3 Å². The fourth-order valence-electron chi connectivity index (χ4n) is 4.22. The van der Waals surface area contributed by atoms with Crippen molar-refractivity contribution >= 4 is 23.5 Å². The van der Waals surface area contributed by atoms with E-state index in [1.807, 2.05) is 64.3 Å². The van der Waals surface area contributed by atoms with Crippen LogP contribution in [0.25, 0.3) is 0 Å². The van der Waals surface area contributed by atoms with Crippen molar-refractivity contribution in [3.8, 4) is 0 Å². The van der Waals surface area contributed by atoms with Gasteiger partial charge in [0.05, 0.1) is 32.0 Å². The molecule has 0 heterocycles. The van der Waals surface area contributed by atoms with Crippen molar-refractivity contribution in [2.45, 2.75) is 45.8 Å². The maximum atomic E-state index is 13.4. The molecule has 0 unspecified atom stereocenters. The van der Waals surface area contributed by atoms with Crippen LogP contribution < -0.4 is 5.32 Å². The summed E-state index contributed by atoms with van der Waals surface area (Å²) in [5.41, 5.74) is 2.65. The number of hydrogen-bond acceptors (Lipinski definition) is 5. The third-order valence-corrected chi connectivity index (χ3v) is 6.29. The summed E-state index contributed by atoms with van der Waals surface area (Å²) in [6.07, 6.45) is 1.30. The lowest BCUT2D eigenvalue weighted by Gasteiger charge is -2.36. The predicted molar refractivity (Wildman–Crippen MR) is 126 cm³/mol. The highest BCUT2D eigenvalue weighted by atomic mass is 16.5. The predicted octanol–water partition coefficient (Wildman–Crippen LogP) is 3.77. The molecule has 1 N–H and O–H groups in total. The van der Waals surface area contributed by atoms with Gasteiger partial charge >= 0.3 is 11.9 Å². The first kappa shape index (κ1) is 24.5. The van der Waals surface area contributed by atoms with Crippen molar-refractivity contribution in [3.63, 3.8) is 0 Å². The Morgan fingerprint density at radius 2 is 1.70 bits per heavy atom. The van der Waals surface area contributed by atoms with Gasteiger partial charge in [0.25, 0.3) is 5.91 Å². The number of carbonyl (C=O) groups excluding carboxylic acids is 3. The van der Waals surface area contributed by atoms with Crippen LogP contribution in [0.15, 0.2) is 42.5 Å². The van der Waals surface area contributed by atoms with Crippen LogP contribution in [0.5, 0.6) is 0 Å². The van der Waals surface area contributed by atoms with E-state index in [0.29, 0.717) is 24.1 Å². The maximum Gasteiger partial charge on any atom is 0.362 e. The summed E-state index contributed by atoms with van der Waals surface area (Å²) in [4.78, 5) is 38.5. The molecular formula is C26H33N2O5+. The van der Waals surface area contributed by atoms with Gasteiger partial charge in [0.2, 0.25) is 0 Å². The van der Waals surface area contributed by atoms with Gasteiger partial charge in [0.1, 0.15) is 6.61 Å². The van der Waals surface area contributed by atoms with Crippen LogP contribution in [0.4, 0.5) is 5.69 Å². The Bertz CT molecular complexity index is 1040. The Morgan fingerprint density at radius 3 is 2.30 bits per heavy atom. The quantitative estimate of drug-likeness (QED) is 0.462. The zero-order valence-corrected chi connectivity index (χ0v) is 20.1. The first-order valence-electron chi connectivity index (χ1n) is 11.2. The van der Waals surface area contributed by atoms with Crippen LogP contribution in [-0.2, 0) is 25.7 Å². The Labute approximate surface area is 195 Å². The van der Waals surface area contributed by atoms with E-state index in [2.05, 4.69) is 5.32 Å². The average molecular weight is 454 g/mol. The molecule has 33 heavy (non-hydrogen) atoms. The molecule has 7 heteroatoms. The summed E-state index contributed by atoms with van der Waals surface area (Å²) in [6.45, 7) is 6.01. The maximum absolute atomic E-state index is 13.4. The third kappa shape index (κ3) is 5.42. The van der Waals surface area contributed by atoms with E-state index in [1.165, 1.54) is 0 Å². The topological polar surface area (TPSA) is 81.7 Å². The average Bonchev–Trinajstić information content (AvgIpc) is 3.57. The highest BCUT2D eigenvalue weighted by Crippen LogP contribution is 2.46. The first-order chi connectivity index (χ1) is 15.6. The smallest absolute Gasteiger partial charge is 0.362 e. The molecule has 0 bridgehead atoms. The summed E-state index contributed by atoms with van der Waals surface area (Å²) < 4.78 is 10.8. The number of ether oxygens (including phenoxy) is 2. The van der Waals surface area contributed by atoms with Gasteiger partial charge in [0.15, 0.2) is 12.1 Å². The van der Waals surface area contributed by atoms with Crippen LogP contribution in [0.3, 0.4) is 0 Å². The van der Waals surface area contributed by atoms with E-state index in [0.717, 1.165) is 16.7 Å². The molecule has 2 aromatic carbocycles. The molecule has 0 aliphatic heterocycles. The van der Waals surface area contributed by atoms with E-state index >= 15 is 0 Å². The third-order valence-electron chi connectivity index (χ3n) is 6.29. The summed E-state index contributed by atoms with van der Waals surface area (Å²) in [6, 6.07) is 13.1. The van der Waals surface area contributed by atoms with E-state index in [4.69, 9.17) is 9.47 Å². The van der Waals surface area contributed by atoms with Crippen molar-refractivity contribution in [2.24, 2.45) is 0 Å². The number of benzene rings is 2. The molecule has 1 aliphatic carbocycles. The van der Waals surface area contributed by atoms with E-state index < -0.39 is 11.5 Å². The number of hydrogen-bond donors (Lipinski definition) is 1. The number of likely N-dealkylation sites (N-methyl/N-ethyl adjacent to an activating group) is 1. The molecule has 2 aromatic rings. The number of amides is 1. The molecule has 1 amide bonds. The zero-order valence-electron chi connectivity index (χ0n) is 20.1. The van der Waals surface area contributed by atoms with Gasteiger partial charge < -0.3 is 19.3 Å². The Morgan fingerprint density at radius 1 is 1.03 bits per heavy atom. The number of carbonyl (C=O) groups is 3. The van der Waals surface area contributed by atoms with Gasteiger partial charge in [-0.2, -0.15) is 0 Å². The minimum atomic E-state index is -0.755. The van der Waals surface area contributed by atoms with Gasteiger partial charge in [-0.25, -0.2) is 9.59 Å². The van der Waals surface area contributed by atoms with Crippen molar-refractivity contribution in [1.29, 1.82) is 0 Å². The number of esters is 2. The number of anilines is 1. The molecule has 1 fully saturated rings. The lowest BCUT2D eigenvalue weighted by molar-refractivity contribution is -0.909. The highest BCUT2D eigenvalue weighted by molar-refractivity contribution is 6.06. The summed E-state index contributed by atoms with van der Waals surface area (Å²) >= 11 is 0. The normalized spacial score (nSPS) is 14.3. The molecule has 0 radical (unpaired) electrons. The second-order valence-electron chi connectivity index (χ2n) is 9.20. The minimum absolute atomic E-state index is 0.0673. The Balaban J connectivity index is 1.73.